The third-order valence-electron chi connectivity index (χ3n) is 4.94. The summed E-state index contributed by atoms with van der Waals surface area (Å²) >= 11 is 0. The van der Waals surface area contributed by atoms with Crippen LogP contribution in [0.2, 0.25) is 0 Å². The fraction of sp³-hybridized carbons (Fsp3) is 0.636. The van der Waals surface area contributed by atoms with Crippen molar-refractivity contribution in [1.82, 2.24) is 14.7 Å². The first kappa shape index (κ1) is 22.2. The molecule has 156 valence electrons. The average Bonchev–Trinajstić information content (AvgIpc) is 2.91. The molecule has 0 bridgehead atoms. The van der Waals surface area contributed by atoms with E-state index in [9.17, 15) is 9.59 Å². The highest BCUT2D eigenvalue weighted by Crippen LogP contribution is 2.15. The fourth-order valence-electron chi connectivity index (χ4n) is 3.27. The summed E-state index contributed by atoms with van der Waals surface area (Å²) in [6, 6.07) is 7.90. The molecule has 0 spiro atoms. The van der Waals surface area contributed by atoms with Crippen LogP contribution in [0.25, 0.3) is 0 Å². The second-order valence-corrected chi connectivity index (χ2v) is 8.27. The summed E-state index contributed by atoms with van der Waals surface area (Å²) in [5, 5.41) is 0. The molecule has 1 aromatic carbocycles. The number of nitrogens with zero attached hydrogens (tertiary/aromatic N) is 3. The molecule has 1 aromatic rings. The van der Waals surface area contributed by atoms with E-state index in [1.54, 1.807) is 4.90 Å². The molecule has 0 radical (unpaired) electrons. The quantitative estimate of drug-likeness (QED) is 0.772. The highest BCUT2D eigenvalue weighted by molar-refractivity contribution is 5.94. The Bertz CT molecular complexity index is 648. The van der Waals surface area contributed by atoms with Crippen LogP contribution in [0.1, 0.15) is 57.0 Å². The van der Waals surface area contributed by atoms with Crippen molar-refractivity contribution in [2.24, 2.45) is 0 Å². The zero-order valence-electron chi connectivity index (χ0n) is 18.0. The van der Waals surface area contributed by atoms with Crippen LogP contribution >= 0.6 is 0 Å². The molecule has 2 rings (SSSR count). The van der Waals surface area contributed by atoms with Crippen molar-refractivity contribution in [2.75, 3.05) is 39.3 Å². The molecule has 2 amide bonds. The second kappa shape index (κ2) is 9.92. The number of rotatable bonds is 5. The van der Waals surface area contributed by atoms with E-state index < -0.39 is 5.60 Å². The lowest BCUT2D eigenvalue weighted by Crippen LogP contribution is -2.40. The molecule has 1 aliphatic heterocycles. The third-order valence-corrected chi connectivity index (χ3v) is 4.94. The monoisotopic (exact) mass is 389 g/mol. The van der Waals surface area contributed by atoms with E-state index in [0.29, 0.717) is 31.7 Å². The molecule has 0 N–H and O–H groups in total. The maximum absolute atomic E-state index is 12.9. The Morgan fingerprint density at radius 1 is 0.964 bits per heavy atom. The van der Waals surface area contributed by atoms with Gasteiger partial charge in [-0.3, -0.25) is 9.69 Å². The van der Waals surface area contributed by atoms with E-state index in [0.717, 1.165) is 26.1 Å². The summed E-state index contributed by atoms with van der Waals surface area (Å²) < 4.78 is 5.46. The summed E-state index contributed by atoms with van der Waals surface area (Å²) in [4.78, 5) is 31.1. The van der Waals surface area contributed by atoms with Crippen molar-refractivity contribution in [3.05, 3.63) is 35.4 Å². The summed E-state index contributed by atoms with van der Waals surface area (Å²) in [5.74, 6) is 0.0282. The van der Waals surface area contributed by atoms with Crippen LogP contribution in [-0.4, -0.2) is 71.6 Å². The van der Waals surface area contributed by atoms with Crippen molar-refractivity contribution in [1.29, 1.82) is 0 Å². The molecule has 28 heavy (non-hydrogen) atoms. The Labute approximate surface area is 169 Å². The topological polar surface area (TPSA) is 53.1 Å². The van der Waals surface area contributed by atoms with Crippen LogP contribution in [0, 0.1) is 0 Å². The van der Waals surface area contributed by atoms with Crippen LogP contribution in [-0.2, 0) is 11.3 Å². The first-order valence-corrected chi connectivity index (χ1v) is 10.3. The van der Waals surface area contributed by atoms with Crippen molar-refractivity contribution < 1.29 is 14.3 Å². The minimum Gasteiger partial charge on any atom is -0.444 e. The van der Waals surface area contributed by atoms with Gasteiger partial charge in [0.2, 0.25) is 0 Å². The molecule has 1 heterocycles. The average molecular weight is 390 g/mol. The standard InChI is InChI=1S/C22H35N3O3/c1-6-23(7-2)17-18-9-11-19(12-10-18)20(26)24-13-8-14-25(16-15-24)21(27)28-22(3,4)5/h9-12H,6-8,13-17H2,1-5H3. The number of hydrogen-bond acceptors (Lipinski definition) is 4. The molecule has 0 aliphatic carbocycles. The van der Waals surface area contributed by atoms with Crippen LogP contribution in [0.15, 0.2) is 24.3 Å². The molecular weight excluding hydrogens is 354 g/mol. The maximum atomic E-state index is 12.9. The maximum Gasteiger partial charge on any atom is 0.410 e. The highest BCUT2D eigenvalue weighted by atomic mass is 16.6. The Hall–Kier alpha value is -2.08. The molecule has 0 unspecified atom stereocenters. The van der Waals surface area contributed by atoms with E-state index in [-0.39, 0.29) is 12.0 Å². The number of benzene rings is 1. The zero-order chi connectivity index (χ0) is 20.7. The smallest absolute Gasteiger partial charge is 0.410 e. The predicted octanol–water partition coefficient (Wildman–Crippen LogP) is 3.61. The van der Waals surface area contributed by atoms with Gasteiger partial charge in [0.05, 0.1) is 0 Å². The van der Waals surface area contributed by atoms with Gasteiger partial charge in [0.1, 0.15) is 5.60 Å². The minimum absolute atomic E-state index is 0.0282. The first-order chi connectivity index (χ1) is 13.2. The van der Waals surface area contributed by atoms with Crippen molar-refractivity contribution in [3.63, 3.8) is 0 Å². The van der Waals surface area contributed by atoms with E-state index in [1.165, 1.54) is 5.56 Å². The van der Waals surface area contributed by atoms with Gasteiger partial charge in [-0.2, -0.15) is 0 Å². The lowest BCUT2D eigenvalue weighted by Gasteiger charge is -2.26. The Balaban J connectivity index is 1.94. The van der Waals surface area contributed by atoms with Gasteiger partial charge >= 0.3 is 6.09 Å². The summed E-state index contributed by atoms with van der Waals surface area (Å²) in [6.45, 7) is 15.1. The third kappa shape index (κ3) is 6.51. The normalized spacial score (nSPS) is 15.5. The Morgan fingerprint density at radius 3 is 2.11 bits per heavy atom. The van der Waals surface area contributed by atoms with E-state index >= 15 is 0 Å². The lowest BCUT2D eigenvalue weighted by atomic mass is 10.1. The number of ether oxygens (including phenoxy) is 1. The van der Waals surface area contributed by atoms with Crippen molar-refractivity contribution in [3.8, 4) is 0 Å². The number of hydrogen-bond donors (Lipinski definition) is 0. The van der Waals surface area contributed by atoms with Crippen LogP contribution < -0.4 is 0 Å². The fourth-order valence-corrected chi connectivity index (χ4v) is 3.27. The highest BCUT2D eigenvalue weighted by Gasteiger charge is 2.26. The van der Waals surface area contributed by atoms with Gasteiger partial charge in [-0.25, -0.2) is 4.79 Å². The molecule has 1 saturated heterocycles. The van der Waals surface area contributed by atoms with E-state index in [4.69, 9.17) is 4.74 Å². The number of carbonyl (C=O) groups excluding carboxylic acids is 2. The number of amides is 2. The molecule has 6 nitrogen and oxygen atoms in total. The lowest BCUT2D eigenvalue weighted by molar-refractivity contribution is 0.0255. The van der Waals surface area contributed by atoms with Crippen molar-refractivity contribution >= 4 is 12.0 Å². The van der Waals surface area contributed by atoms with Gasteiger partial charge in [-0.05, 0) is 58.0 Å². The Kier molecular flexibility index (Phi) is 7.87. The van der Waals surface area contributed by atoms with Gasteiger partial charge in [0.25, 0.3) is 5.91 Å². The molecule has 1 fully saturated rings. The van der Waals surface area contributed by atoms with Gasteiger partial charge < -0.3 is 14.5 Å². The summed E-state index contributed by atoms with van der Waals surface area (Å²) in [5.41, 5.74) is 1.41. The van der Waals surface area contributed by atoms with Crippen molar-refractivity contribution in [2.45, 2.75) is 53.2 Å². The summed E-state index contributed by atoms with van der Waals surface area (Å²) in [7, 11) is 0. The van der Waals surface area contributed by atoms with E-state index in [2.05, 4.69) is 18.7 Å². The minimum atomic E-state index is -0.508. The molecular formula is C22H35N3O3. The van der Waals surface area contributed by atoms with Gasteiger partial charge in [-0.15, -0.1) is 0 Å². The molecule has 0 aromatic heterocycles. The van der Waals surface area contributed by atoms with Crippen LogP contribution in [0.4, 0.5) is 4.79 Å². The van der Waals surface area contributed by atoms with Crippen LogP contribution in [0.3, 0.4) is 0 Å². The van der Waals surface area contributed by atoms with Gasteiger partial charge in [0.15, 0.2) is 0 Å². The predicted molar refractivity (Wildman–Crippen MR) is 111 cm³/mol. The zero-order valence-corrected chi connectivity index (χ0v) is 18.0. The molecule has 6 heteroatoms. The number of carbonyl (C=O) groups is 2. The van der Waals surface area contributed by atoms with Gasteiger partial charge in [-0.1, -0.05) is 26.0 Å². The molecule has 0 saturated carbocycles. The SMILES string of the molecule is CCN(CC)Cc1ccc(C(=O)N2CCCN(C(=O)OC(C)(C)C)CC2)cc1. The van der Waals surface area contributed by atoms with E-state index in [1.807, 2.05) is 49.9 Å². The molecule has 1 aliphatic rings. The largest absolute Gasteiger partial charge is 0.444 e. The summed E-state index contributed by atoms with van der Waals surface area (Å²) in [6.07, 6.45) is 0.452. The first-order valence-electron chi connectivity index (χ1n) is 10.3. The molecule has 0 atom stereocenters. The van der Waals surface area contributed by atoms with Gasteiger partial charge in [0, 0.05) is 38.3 Å². The van der Waals surface area contributed by atoms with Crippen LogP contribution in [0.5, 0.6) is 0 Å². The Morgan fingerprint density at radius 2 is 1.54 bits per heavy atom. The second-order valence-electron chi connectivity index (χ2n) is 8.27.